The van der Waals surface area contributed by atoms with E-state index in [1.165, 1.54) is 24.3 Å². The van der Waals surface area contributed by atoms with Crippen molar-refractivity contribution in [1.82, 2.24) is 0 Å². The van der Waals surface area contributed by atoms with Gasteiger partial charge in [-0.05, 0) is 48.4 Å². The molecule has 0 aliphatic heterocycles. The first-order chi connectivity index (χ1) is 12.1. The second kappa shape index (κ2) is 9.42. The first-order valence-corrected chi connectivity index (χ1v) is 7.91. The molecule has 0 aliphatic rings. The van der Waals surface area contributed by atoms with Crippen molar-refractivity contribution < 1.29 is 23.5 Å². The molecule has 0 saturated heterocycles. The van der Waals surface area contributed by atoms with Crippen LogP contribution in [0.2, 0.25) is 0 Å². The molecular weight excluding hydrogens is 325 g/mol. The minimum Gasteiger partial charge on any atom is -0.497 e. The molecule has 2 aromatic rings. The van der Waals surface area contributed by atoms with Crippen molar-refractivity contribution in [2.45, 2.75) is 19.3 Å². The van der Waals surface area contributed by atoms with E-state index in [0.29, 0.717) is 12.1 Å². The van der Waals surface area contributed by atoms with Gasteiger partial charge < -0.3 is 14.8 Å². The molecule has 1 amide bonds. The van der Waals surface area contributed by atoms with E-state index in [1.54, 1.807) is 31.4 Å². The van der Waals surface area contributed by atoms with Crippen LogP contribution in [0.3, 0.4) is 0 Å². The van der Waals surface area contributed by atoms with Crippen LogP contribution in [-0.2, 0) is 20.7 Å². The van der Waals surface area contributed by atoms with Gasteiger partial charge in [0, 0.05) is 12.1 Å². The van der Waals surface area contributed by atoms with Crippen LogP contribution in [0.1, 0.15) is 18.4 Å². The van der Waals surface area contributed by atoms with Crippen molar-refractivity contribution in [2.75, 3.05) is 19.0 Å². The third kappa shape index (κ3) is 6.63. The van der Waals surface area contributed by atoms with Crippen molar-refractivity contribution in [1.29, 1.82) is 0 Å². The summed E-state index contributed by atoms with van der Waals surface area (Å²) in [6.07, 6.45) is 0.806. The molecule has 1 N–H and O–H groups in total. The molecule has 0 spiro atoms. The van der Waals surface area contributed by atoms with Gasteiger partial charge in [-0.15, -0.1) is 0 Å². The van der Waals surface area contributed by atoms with E-state index in [0.717, 1.165) is 11.3 Å². The molecule has 5 nitrogen and oxygen atoms in total. The minimum atomic E-state index is -0.359. The highest BCUT2D eigenvalue weighted by atomic mass is 19.1. The van der Waals surface area contributed by atoms with Crippen LogP contribution >= 0.6 is 0 Å². The second-order valence-corrected chi connectivity index (χ2v) is 5.40. The Morgan fingerprint density at radius 1 is 1.04 bits per heavy atom. The molecule has 132 valence electrons. The van der Waals surface area contributed by atoms with Gasteiger partial charge >= 0.3 is 5.97 Å². The van der Waals surface area contributed by atoms with Gasteiger partial charge in [0.1, 0.15) is 11.6 Å². The van der Waals surface area contributed by atoms with Gasteiger partial charge in [-0.3, -0.25) is 9.59 Å². The summed E-state index contributed by atoms with van der Waals surface area (Å²) in [5.41, 5.74) is 1.36. The number of hydrogen-bond donors (Lipinski definition) is 1. The van der Waals surface area contributed by atoms with Crippen molar-refractivity contribution in [2.24, 2.45) is 0 Å². The number of nitrogens with one attached hydrogen (secondary N) is 1. The van der Waals surface area contributed by atoms with Crippen LogP contribution in [-0.4, -0.2) is 25.6 Å². The Morgan fingerprint density at radius 3 is 2.36 bits per heavy atom. The number of halogens is 1. The zero-order chi connectivity index (χ0) is 18.1. The third-order valence-corrected chi connectivity index (χ3v) is 3.45. The highest BCUT2D eigenvalue weighted by Crippen LogP contribution is 2.12. The zero-order valence-corrected chi connectivity index (χ0v) is 14.0. The summed E-state index contributed by atoms with van der Waals surface area (Å²) in [4.78, 5) is 23.5. The second-order valence-electron chi connectivity index (χ2n) is 5.40. The maximum atomic E-state index is 12.8. The standard InChI is InChI=1S/C19H20FNO4/c1-24-17-10-4-14(5-11-17)13-19(23)25-12-2-3-18(22)21-16-8-6-15(20)7-9-16/h4-11H,2-3,12-13H2,1H3,(H,21,22). The highest BCUT2D eigenvalue weighted by molar-refractivity contribution is 5.90. The summed E-state index contributed by atoms with van der Waals surface area (Å²) in [5, 5.41) is 2.65. The molecule has 0 saturated carbocycles. The lowest BCUT2D eigenvalue weighted by Crippen LogP contribution is -2.14. The Balaban J connectivity index is 1.63. The number of rotatable bonds is 8. The first-order valence-electron chi connectivity index (χ1n) is 7.91. The molecule has 6 heteroatoms. The third-order valence-electron chi connectivity index (χ3n) is 3.45. The van der Waals surface area contributed by atoms with Crippen LogP contribution < -0.4 is 10.1 Å². The first kappa shape index (κ1) is 18.4. The van der Waals surface area contributed by atoms with Gasteiger partial charge in [0.2, 0.25) is 5.91 Å². The van der Waals surface area contributed by atoms with Crippen LogP contribution in [0, 0.1) is 5.82 Å². The fourth-order valence-electron chi connectivity index (χ4n) is 2.14. The van der Waals surface area contributed by atoms with Gasteiger partial charge in [0.15, 0.2) is 0 Å². The Hall–Kier alpha value is -2.89. The zero-order valence-electron chi connectivity index (χ0n) is 14.0. The number of hydrogen-bond acceptors (Lipinski definition) is 4. The van der Waals surface area contributed by atoms with E-state index in [9.17, 15) is 14.0 Å². The molecule has 25 heavy (non-hydrogen) atoms. The van der Waals surface area contributed by atoms with Crippen LogP contribution in [0.4, 0.5) is 10.1 Å². The van der Waals surface area contributed by atoms with Gasteiger partial charge in [-0.2, -0.15) is 0 Å². The Labute approximate surface area is 145 Å². The fourth-order valence-corrected chi connectivity index (χ4v) is 2.14. The largest absolute Gasteiger partial charge is 0.497 e. The smallest absolute Gasteiger partial charge is 0.310 e. The van der Waals surface area contributed by atoms with Gasteiger partial charge in [0.25, 0.3) is 0 Å². The topological polar surface area (TPSA) is 64.6 Å². The monoisotopic (exact) mass is 345 g/mol. The van der Waals surface area contributed by atoms with E-state index in [1.807, 2.05) is 0 Å². The Morgan fingerprint density at radius 2 is 1.72 bits per heavy atom. The predicted molar refractivity (Wildman–Crippen MR) is 91.9 cm³/mol. The molecule has 2 aromatic carbocycles. The number of carbonyl (C=O) groups is 2. The maximum Gasteiger partial charge on any atom is 0.310 e. The van der Waals surface area contributed by atoms with E-state index < -0.39 is 0 Å². The number of methoxy groups -OCH3 is 1. The molecule has 0 unspecified atom stereocenters. The van der Waals surface area contributed by atoms with Gasteiger partial charge in [-0.25, -0.2) is 4.39 Å². The molecule has 2 rings (SSSR count). The van der Waals surface area contributed by atoms with E-state index >= 15 is 0 Å². The molecule has 0 heterocycles. The van der Waals surface area contributed by atoms with Crippen molar-refractivity contribution in [3.8, 4) is 5.75 Å². The summed E-state index contributed by atoms with van der Waals surface area (Å²) in [6.45, 7) is 0.172. The summed E-state index contributed by atoms with van der Waals surface area (Å²) in [5.74, 6) is -0.187. The average molecular weight is 345 g/mol. The summed E-state index contributed by atoms with van der Waals surface area (Å²) >= 11 is 0. The van der Waals surface area contributed by atoms with Crippen LogP contribution in [0.15, 0.2) is 48.5 Å². The quantitative estimate of drug-likeness (QED) is 0.589. The SMILES string of the molecule is COc1ccc(CC(=O)OCCCC(=O)Nc2ccc(F)cc2)cc1. The Kier molecular flexibility index (Phi) is 6.95. The van der Waals surface area contributed by atoms with Crippen molar-refractivity contribution >= 4 is 17.6 Å². The van der Waals surface area contributed by atoms with Crippen LogP contribution in [0.25, 0.3) is 0 Å². The molecule has 0 bridgehead atoms. The molecule has 0 aliphatic carbocycles. The molecular formula is C19H20FNO4. The summed E-state index contributed by atoms with van der Waals surface area (Å²) < 4.78 is 22.9. The molecule has 0 atom stereocenters. The fraction of sp³-hybridized carbons (Fsp3) is 0.263. The van der Waals surface area contributed by atoms with Gasteiger partial charge in [-0.1, -0.05) is 12.1 Å². The van der Waals surface area contributed by atoms with Crippen molar-refractivity contribution in [3.05, 3.63) is 59.9 Å². The lowest BCUT2D eigenvalue weighted by atomic mass is 10.1. The highest BCUT2D eigenvalue weighted by Gasteiger charge is 2.07. The number of anilines is 1. The normalized spacial score (nSPS) is 10.2. The number of benzene rings is 2. The number of carbonyl (C=O) groups excluding carboxylic acids is 2. The van der Waals surface area contributed by atoms with E-state index in [-0.39, 0.29) is 37.1 Å². The number of ether oxygens (including phenoxy) is 2. The lowest BCUT2D eigenvalue weighted by molar-refractivity contribution is -0.143. The van der Waals surface area contributed by atoms with Crippen molar-refractivity contribution in [3.63, 3.8) is 0 Å². The summed E-state index contributed by atoms with van der Waals surface area (Å²) in [6, 6.07) is 12.7. The number of esters is 1. The van der Waals surface area contributed by atoms with Crippen LogP contribution in [0.5, 0.6) is 5.75 Å². The number of amides is 1. The molecule has 0 radical (unpaired) electrons. The maximum absolute atomic E-state index is 12.8. The Bertz CT molecular complexity index is 698. The predicted octanol–water partition coefficient (Wildman–Crippen LogP) is 3.34. The molecule has 0 aromatic heterocycles. The average Bonchev–Trinajstić information content (AvgIpc) is 2.61. The van der Waals surface area contributed by atoms with E-state index in [2.05, 4.69) is 5.32 Å². The lowest BCUT2D eigenvalue weighted by Gasteiger charge is -2.07. The molecule has 0 fully saturated rings. The van der Waals surface area contributed by atoms with E-state index in [4.69, 9.17) is 9.47 Å². The van der Waals surface area contributed by atoms with Gasteiger partial charge in [0.05, 0.1) is 20.1 Å². The minimum absolute atomic E-state index is 0.172. The summed E-state index contributed by atoms with van der Waals surface area (Å²) in [7, 11) is 1.58.